The summed E-state index contributed by atoms with van der Waals surface area (Å²) < 4.78 is 12.2. The zero-order valence-corrected chi connectivity index (χ0v) is 17.0. The highest BCUT2D eigenvalue weighted by molar-refractivity contribution is 6.62. The molecule has 4 rings (SSSR count). The molecule has 0 unspecified atom stereocenters. The summed E-state index contributed by atoms with van der Waals surface area (Å²) in [7, 11) is -0.371. The fraction of sp³-hybridized carbons (Fsp3) is 0.700. The summed E-state index contributed by atoms with van der Waals surface area (Å²) >= 11 is 0. The van der Waals surface area contributed by atoms with Crippen LogP contribution >= 0.6 is 0 Å². The largest absolute Gasteiger partial charge is 0.496 e. The van der Waals surface area contributed by atoms with Crippen LogP contribution in [0.1, 0.15) is 47.5 Å². The molecule has 1 aromatic rings. The first kappa shape index (κ1) is 18.8. The third kappa shape index (κ3) is 3.25. The van der Waals surface area contributed by atoms with E-state index in [1.54, 1.807) is 0 Å². The maximum Gasteiger partial charge on any atom is 0.496 e. The quantitative estimate of drug-likeness (QED) is 0.645. The lowest BCUT2D eigenvalue weighted by molar-refractivity contribution is -0.111. The Morgan fingerprint density at radius 2 is 1.70 bits per heavy atom. The SMILES string of the molecule is CC1(C)OB(c2ccc(N3C[C@@H]4C[C@@](C)(NC=O)C[C@@H]4C3)nc2)OC1(C)C. The van der Waals surface area contributed by atoms with Crippen LogP contribution in [0.2, 0.25) is 0 Å². The molecule has 1 N–H and O–H groups in total. The Labute approximate surface area is 162 Å². The summed E-state index contributed by atoms with van der Waals surface area (Å²) in [6.45, 7) is 12.4. The van der Waals surface area contributed by atoms with Gasteiger partial charge < -0.3 is 19.5 Å². The molecular formula is C20H30BN3O3. The van der Waals surface area contributed by atoms with Gasteiger partial charge in [-0.15, -0.1) is 0 Å². The lowest BCUT2D eigenvalue weighted by Crippen LogP contribution is -2.41. The predicted molar refractivity (Wildman–Crippen MR) is 106 cm³/mol. The maximum absolute atomic E-state index is 10.8. The van der Waals surface area contributed by atoms with Crippen molar-refractivity contribution in [3.8, 4) is 0 Å². The van der Waals surface area contributed by atoms with Gasteiger partial charge in [0.25, 0.3) is 0 Å². The molecule has 0 spiro atoms. The molecule has 2 aliphatic heterocycles. The molecule has 146 valence electrons. The second-order valence-corrected chi connectivity index (χ2v) is 9.69. The molecule has 0 bridgehead atoms. The minimum absolute atomic E-state index is 0.0444. The standard InChI is InChI=1S/C20H30BN3O3/c1-18(2)19(3,4)27-21(26-18)16-6-7-17(22-10-16)24-11-14-8-20(5,23-13-25)9-15(14)12-24/h6-7,10,13-15H,8-9,11-12H2,1-5H3,(H,23,25)/t14-,15+,20+. The summed E-state index contributed by atoms with van der Waals surface area (Å²) in [5.41, 5.74) is 0.229. The predicted octanol–water partition coefficient (Wildman–Crippen LogP) is 1.73. The van der Waals surface area contributed by atoms with Gasteiger partial charge in [-0.05, 0) is 65.4 Å². The first-order valence-corrected chi connectivity index (χ1v) is 9.90. The zero-order chi connectivity index (χ0) is 19.4. The van der Waals surface area contributed by atoms with E-state index in [0.29, 0.717) is 11.8 Å². The van der Waals surface area contributed by atoms with Crippen molar-refractivity contribution in [3.63, 3.8) is 0 Å². The number of nitrogens with one attached hydrogen (secondary N) is 1. The summed E-state index contributed by atoms with van der Waals surface area (Å²) in [5.74, 6) is 2.24. The minimum atomic E-state index is -0.371. The number of carbonyl (C=O) groups excluding carboxylic acids is 1. The van der Waals surface area contributed by atoms with Gasteiger partial charge in [0, 0.05) is 30.3 Å². The summed E-state index contributed by atoms with van der Waals surface area (Å²) in [5, 5.41) is 3.01. The van der Waals surface area contributed by atoms with Gasteiger partial charge in [0.1, 0.15) is 5.82 Å². The van der Waals surface area contributed by atoms with Gasteiger partial charge in [0.15, 0.2) is 0 Å². The Bertz CT molecular complexity index is 692. The smallest absolute Gasteiger partial charge is 0.399 e. The lowest BCUT2D eigenvalue weighted by atomic mass is 9.80. The van der Waals surface area contributed by atoms with Gasteiger partial charge in [-0.25, -0.2) is 4.98 Å². The molecule has 0 radical (unpaired) electrons. The van der Waals surface area contributed by atoms with Gasteiger partial charge in [-0.1, -0.05) is 6.07 Å². The van der Waals surface area contributed by atoms with Crippen LogP contribution in [0.5, 0.6) is 0 Å². The molecule has 3 aliphatic rings. The van der Waals surface area contributed by atoms with Crippen molar-refractivity contribution in [2.75, 3.05) is 18.0 Å². The average Bonchev–Trinajstić information content (AvgIpc) is 3.15. The number of nitrogens with zero attached hydrogens (tertiary/aromatic N) is 2. The van der Waals surface area contributed by atoms with Crippen molar-refractivity contribution in [1.82, 2.24) is 10.3 Å². The van der Waals surface area contributed by atoms with Crippen LogP contribution in [0.25, 0.3) is 0 Å². The number of hydrogen-bond donors (Lipinski definition) is 1. The van der Waals surface area contributed by atoms with Crippen LogP contribution in [0.3, 0.4) is 0 Å². The molecule has 1 saturated carbocycles. The molecule has 27 heavy (non-hydrogen) atoms. The average molecular weight is 371 g/mol. The van der Waals surface area contributed by atoms with E-state index in [1.807, 2.05) is 6.20 Å². The number of fused-ring (bicyclic) bond motifs is 1. The van der Waals surface area contributed by atoms with E-state index in [0.717, 1.165) is 43.6 Å². The van der Waals surface area contributed by atoms with Gasteiger partial charge in [-0.2, -0.15) is 0 Å². The molecular weight excluding hydrogens is 341 g/mol. The maximum atomic E-state index is 10.8. The minimum Gasteiger partial charge on any atom is -0.399 e. The molecule has 3 heterocycles. The van der Waals surface area contributed by atoms with E-state index in [2.05, 4.69) is 57.0 Å². The first-order chi connectivity index (χ1) is 12.6. The number of hydrogen-bond acceptors (Lipinski definition) is 5. The van der Waals surface area contributed by atoms with Crippen molar-refractivity contribution >= 4 is 24.8 Å². The Kier molecular flexibility index (Phi) is 4.31. The zero-order valence-electron chi connectivity index (χ0n) is 17.0. The molecule has 1 aliphatic carbocycles. The molecule has 1 amide bonds. The topological polar surface area (TPSA) is 63.7 Å². The normalized spacial score (nSPS) is 34.0. The Morgan fingerprint density at radius 3 is 2.19 bits per heavy atom. The highest BCUT2D eigenvalue weighted by Crippen LogP contribution is 2.44. The number of amides is 1. The second-order valence-electron chi connectivity index (χ2n) is 9.69. The molecule has 3 atom stereocenters. The third-order valence-electron chi connectivity index (χ3n) is 7.03. The van der Waals surface area contributed by atoms with E-state index in [9.17, 15) is 4.79 Å². The number of pyridine rings is 1. The fourth-order valence-electron chi connectivity index (χ4n) is 4.79. The van der Waals surface area contributed by atoms with Gasteiger partial charge in [0.2, 0.25) is 6.41 Å². The van der Waals surface area contributed by atoms with Crippen LogP contribution in [-0.4, -0.2) is 48.3 Å². The number of anilines is 1. The van der Waals surface area contributed by atoms with Crippen LogP contribution in [-0.2, 0) is 14.1 Å². The molecule has 6 nitrogen and oxygen atoms in total. The van der Waals surface area contributed by atoms with Crippen LogP contribution in [0.15, 0.2) is 18.3 Å². The first-order valence-electron chi connectivity index (χ1n) is 9.90. The molecule has 3 fully saturated rings. The molecule has 7 heteroatoms. The van der Waals surface area contributed by atoms with Crippen molar-refractivity contribution < 1.29 is 14.1 Å². The van der Waals surface area contributed by atoms with Gasteiger partial charge in [0.05, 0.1) is 11.2 Å². The summed E-state index contributed by atoms with van der Waals surface area (Å²) in [6, 6.07) is 4.14. The van der Waals surface area contributed by atoms with E-state index < -0.39 is 0 Å². The van der Waals surface area contributed by atoms with E-state index in [4.69, 9.17) is 14.3 Å². The third-order valence-corrected chi connectivity index (χ3v) is 7.03. The number of aromatic nitrogens is 1. The summed E-state index contributed by atoms with van der Waals surface area (Å²) in [6.07, 6.45) is 4.80. The monoisotopic (exact) mass is 371 g/mol. The summed E-state index contributed by atoms with van der Waals surface area (Å²) in [4.78, 5) is 17.9. The van der Waals surface area contributed by atoms with Crippen molar-refractivity contribution in [3.05, 3.63) is 18.3 Å². The number of rotatable bonds is 4. The van der Waals surface area contributed by atoms with Crippen molar-refractivity contribution in [2.45, 2.75) is 64.2 Å². The highest BCUT2D eigenvalue weighted by atomic mass is 16.7. The van der Waals surface area contributed by atoms with Gasteiger partial charge >= 0.3 is 7.12 Å². The van der Waals surface area contributed by atoms with E-state index in [1.165, 1.54) is 0 Å². The van der Waals surface area contributed by atoms with Crippen molar-refractivity contribution in [2.24, 2.45) is 11.8 Å². The Hall–Kier alpha value is -1.60. The molecule has 0 aromatic carbocycles. The number of carbonyl (C=O) groups is 1. The lowest BCUT2D eigenvalue weighted by Gasteiger charge is -2.32. The van der Waals surface area contributed by atoms with Crippen molar-refractivity contribution in [1.29, 1.82) is 0 Å². The molecule has 1 aromatic heterocycles. The van der Waals surface area contributed by atoms with Crippen LogP contribution in [0, 0.1) is 11.8 Å². The highest BCUT2D eigenvalue weighted by Gasteiger charge is 2.52. The van der Waals surface area contributed by atoms with Crippen LogP contribution in [0.4, 0.5) is 5.82 Å². The van der Waals surface area contributed by atoms with Gasteiger partial charge in [-0.3, -0.25) is 4.79 Å². The Morgan fingerprint density at radius 1 is 1.11 bits per heavy atom. The Balaban J connectivity index is 1.41. The second kappa shape index (κ2) is 6.21. The van der Waals surface area contributed by atoms with Crippen LogP contribution < -0.4 is 15.7 Å². The van der Waals surface area contributed by atoms with E-state index in [-0.39, 0.29) is 23.9 Å². The molecule has 2 saturated heterocycles. The van der Waals surface area contributed by atoms with E-state index >= 15 is 0 Å². The fourth-order valence-corrected chi connectivity index (χ4v) is 4.79.